The van der Waals surface area contributed by atoms with Crippen LogP contribution in [-0.4, -0.2) is 36.7 Å². The van der Waals surface area contributed by atoms with Gasteiger partial charge in [0, 0.05) is 0 Å². The van der Waals surface area contributed by atoms with Gasteiger partial charge in [0.05, 0.1) is 7.11 Å². The molecule has 0 rings (SSSR count). The Kier molecular flexibility index (Phi) is 5.80. The van der Waals surface area contributed by atoms with E-state index in [0.717, 1.165) is 7.11 Å². The highest BCUT2D eigenvalue weighted by atomic mass is 19.4. The lowest BCUT2D eigenvalue weighted by Crippen LogP contribution is -2.63. The Bertz CT molecular complexity index is 341. The number of rotatable bonds is 5. The number of ether oxygens (including phenoxy) is 1. The van der Waals surface area contributed by atoms with Crippen LogP contribution in [0.3, 0.4) is 0 Å². The molecule has 0 spiro atoms. The molecular weight excluding hydrogens is 265 g/mol. The van der Waals surface area contributed by atoms with E-state index in [0.29, 0.717) is 6.92 Å². The third-order valence-electron chi connectivity index (χ3n) is 2.56. The maximum Gasteiger partial charge on any atom is 0.415 e. The maximum atomic E-state index is 12.6. The standard InChI is InChI=1S/C11H19F3N2O3/c1-6(2)5-7(8(17)19-4)16-9(18)10(3,15)11(12,13)14/h6-7H,5,15H2,1-4H3,(H,16,18)/t7-,10+/m0/s1. The Labute approximate surface area is 109 Å². The lowest BCUT2D eigenvalue weighted by atomic mass is 9.99. The summed E-state index contributed by atoms with van der Waals surface area (Å²) in [4.78, 5) is 23.0. The minimum atomic E-state index is -4.91. The Morgan fingerprint density at radius 3 is 2.11 bits per heavy atom. The lowest BCUT2D eigenvalue weighted by Gasteiger charge is -2.28. The van der Waals surface area contributed by atoms with E-state index >= 15 is 0 Å². The van der Waals surface area contributed by atoms with Crippen LogP contribution in [0.1, 0.15) is 27.2 Å². The molecule has 2 atom stereocenters. The van der Waals surface area contributed by atoms with Crippen LogP contribution in [0, 0.1) is 5.92 Å². The fourth-order valence-electron chi connectivity index (χ4n) is 1.26. The summed E-state index contributed by atoms with van der Waals surface area (Å²) in [6.45, 7) is 4.06. The van der Waals surface area contributed by atoms with E-state index in [1.165, 1.54) is 0 Å². The number of amides is 1. The number of nitrogens with one attached hydrogen (secondary N) is 1. The van der Waals surface area contributed by atoms with Crippen molar-refractivity contribution in [2.45, 2.75) is 44.9 Å². The molecular formula is C11H19F3N2O3. The number of alkyl halides is 3. The van der Waals surface area contributed by atoms with E-state index in [-0.39, 0.29) is 12.3 Å². The summed E-state index contributed by atoms with van der Waals surface area (Å²) in [5.41, 5.74) is 1.91. The molecule has 0 aromatic rings. The smallest absolute Gasteiger partial charge is 0.415 e. The van der Waals surface area contributed by atoms with Crippen molar-refractivity contribution < 1.29 is 27.5 Å². The summed E-state index contributed by atoms with van der Waals surface area (Å²) in [7, 11) is 1.09. The molecule has 5 nitrogen and oxygen atoms in total. The van der Waals surface area contributed by atoms with Crippen molar-refractivity contribution in [2.24, 2.45) is 11.7 Å². The van der Waals surface area contributed by atoms with Gasteiger partial charge in [0.15, 0.2) is 5.54 Å². The highest BCUT2D eigenvalue weighted by Gasteiger charge is 2.54. The number of nitrogens with two attached hydrogens (primary N) is 1. The molecule has 0 aliphatic rings. The molecule has 0 heterocycles. The zero-order valence-corrected chi connectivity index (χ0v) is 11.3. The molecule has 19 heavy (non-hydrogen) atoms. The number of carbonyl (C=O) groups excluding carboxylic acids is 2. The fraction of sp³-hybridized carbons (Fsp3) is 0.818. The Morgan fingerprint density at radius 1 is 1.32 bits per heavy atom. The summed E-state index contributed by atoms with van der Waals surface area (Å²) in [6, 6.07) is -1.15. The molecule has 0 fully saturated rings. The number of methoxy groups -OCH3 is 1. The Balaban J connectivity index is 4.96. The molecule has 0 radical (unpaired) electrons. The zero-order valence-electron chi connectivity index (χ0n) is 11.3. The van der Waals surface area contributed by atoms with Gasteiger partial charge >= 0.3 is 12.1 Å². The largest absolute Gasteiger partial charge is 0.467 e. The summed E-state index contributed by atoms with van der Waals surface area (Å²) < 4.78 is 42.2. The van der Waals surface area contributed by atoms with Crippen LogP contribution in [0.15, 0.2) is 0 Å². The zero-order chi connectivity index (χ0) is 15.4. The summed E-state index contributed by atoms with van der Waals surface area (Å²) in [5, 5.41) is 1.99. The van der Waals surface area contributed by atoms with Crippen LogP contribution in [0.2, 0.25) is 0 Å². The van der Waals surface area contributed by atoms with Crippen LogP contribution < -0.4 is 11.1 Å². The van der Waals surface area contributed by atoms with Crippen molar-refractivity contribution in [2.75, 3.05) is 7.11 Å². The second kappa shape index (κ2) is 6.23. The van der Waals surface area contributed by atoms with Gasteiger partial charge in [-0.25, -0.2) is 4.79 Å². The van der Waals surface area contributed by atoms with Gasteiger partial charge in [-0.3, -0.25) is 4.79 Å². The summed E-state index contributed by atoms with van der Waals surface area (Å²) in [5.74, 6) is -2.28. The SMILES string of the molecule is COC(=O)[C@H](CC(C)C)NC(=O)[C@@](C)(N)C(F)(F)F. The van der Waals surface area contributed by atoms with Crippen LogP contribution in [0.5, 0.6) is 0 Å². The monoisotopic (exact) mass is 284 g/mol. The van der Waals surface area contributed by atoms with Crippen molar-refractivity contribution in [3.63, 3.8) is 0 Å². The number of hydrogen-bond donors (Lipinski definition) is 2. The Morgan fingerprint density at radius 2 is 1.79 bits per heavy atom. The van der Waals surface area contributed by atoms with E-state index in [2.05, 4.69) is 4.74 Å². The van der Waals surface area contributed by atoms with Gasteiger partial charge in [0.25, 0.3) is 0 Å². The van der Waals surface area contributed by atoms with Gasteiger partial charge in [-0.2, -0.15) is 13.2 Å². The average molecular weight is 284 g/mol. The van der Waals surface area contributed by atoms with Gasteiger partial charge in [0.2, 0.25) is 5.91 Å². The minimum Gasteiger partial charge on any atom is -0.467 e. The van der Waals surface area contributed by atoms with Crippen molar-refractivity contribution >= 4 is 11.9 Å². The highest BCUT2D eigenvalue weighted by Crippen LogP contribution is 2.28. The molecule has 0 aliphatic heterocycles. The van der Waals surface area contributed by atoms with E-state index < -0.39 is 29.6 Å². The number of esters is 1. The molecule has 0 aliphatic carbocycles. The lowest BCUT2D eigenvalue weighted by molar-refractivity contribution is -0.188. The highest BCUT2D eigenvalue weighted by molar-refractivity contribution is 5.90. The van der Waals surface area contributed by atoms with Gasteiger partial charge in [-0.1, -0.05) is 13.8 Å². The normalized spacial score (nSPS) is 16.7. The molecule has 0 saturated carbocycles. The first-order valence-corrected chi connectivity index (χ1v) is 5.67. The van der Waals surface area contributed by atoms with Crippen LogP contribution >= 0.6 is 0 Å². The van der Waals surface area contributed by atoms with Crippen LogP contribution in [-0.2, 0) is 14.3 Å². The van der Waals surface area contributed by atoms with Crippen molar-refractivity contribution in [3.05, 3.63) is 0 Å². The van der Waals surface area contributed by atoms with Crippen molar-refractivity contribution in [1.82, 2.24) is 5.32 Å². The first-order chi connectivity index (χ1) is 8.43. The first-order valence-electron chi connectivity index (χ1n) is 5.67. The van der Waals surface area contributed by atoms with Crippen molar-refractivity contribution in [1.29, 1.82) is 0 Å². The third kappa shape index (κ3) is 4.70. The van der Waals surface area contributed by atoms with Gasteiger partial charge in [-0.15, -0.1) is 0 Å². The van der Waals surface area contributed by atoms with E-state index in [4.69, 9.17) is 5.73 Å². The second-order valence-electron chi connectivity index (χ2n) is 4.88. The first kappa shape index (κ1) is 17.7. The van der Waals surface area contributed by atoms with E-state index in [1.807, 2.05) is 5.32 Å². The van der Waals surface area contributed by atoms with Crippen molar-refractivity contribution in [3.8, 4) is 0 Å². The number of carbonyl (C=O) groups is 2. The topological polar surface area (TPSA) is 81.4 Å². The number of hydrogen-bond acceptors (Lipinski definition) is 4. The van der Waals surface area contributed by atoms with Gasteiger partial charge in [-0.05, 0) is 19.3 Å². The molecule has 0 unspecified atom stereocenters. The van der Waals surface area contributed by atoms with E-state index in [1.54, 1.807) is 13.8 Å². The predicted octanol–water partition coefficient (Wildman–Crippen LogP) is 0.970. The molecule has 0 aromatic carbocycles. The summed E-state index contributed by atoms with van der Waals surface area (Å²) >= 11 is 0. The molecule has 3 N–H and O–H groups in total. The van der Waals surface area contributed by atoms with Gasteiger partial charge < -0.3 is 15.8 Å². The fourth-order valence-corrected chi connectivity index (χ4v) is 1.26. The molecule has 1 amide bonds. The Hall–Kier alpha value is -1.31. The predicted molar refractivity (Wildman–Crippen MR) is 62.0 cm³/mol. The minimum absolute atomic E-state index is 0.0145. The molecule has 0 bridgehead atoms. The van der Waals surface area contributed by atoms with Crippen LogP contribution in [0.4, 0.5) is 13.2 Å². The quantitative estimate of drug-likeness (QED) is 0.737. The molecule has 112 valence electrons. The molecule has 8 heteroatoms. The summed E-state index contributed by atoms with van der Waals surface area (Å²) in [6.07, 6.45) is -4.75. The third-order valence-corrected chi connectivity index (χ3v) is 2.56. The van der Waals surface area contributed by atoms with E-state index in [9.17, 15) is 22.8 Å². The van der Waals surface area contributed by atoms with Crippen LogP contribution in [0.25, 0.3) is 0 Å². The average Bonchev–Trinajstić information content (AvgIpc) is 2.24. The second-order valence-corrected chi connectivity index (χ2v) is 4.88. The van der Waals surface area contributed by atoms with Gasteiger partial charge in [0.1, 0.15) is 6.04 Å². The maximum absolute atomic E-state index is 12.6. The number of halogens is 3. The molecule has 0 saturated heterocycles. The molecule has 0 aromatic heterocycles.